The van der Waals surface area contributed by atoms with Crippen LogP contribution in [0.4, 0.5) is 13.2 Å². The minimum atomic E-state index is -4.99. The second-order valence-electron chi connectivity index (χ2n) is 5.86. The lowest BCUT2D eigenvalue weighted by molar-refractivity contribution is -0.274. The zero-order valence-electron chi connectivity index (χ0n) is 15.4. The lowest BCUT2D eigenvalue weighted by atomic mass is 10.1. The molecule has 0 saturated carbocycles. The Kier molecular flexibility index (Phi) is 5.87. The van der Waals surface area contributed by atoms with Crippen LogP contribution in [0.2, 0.25) is 0 Å². The summed E-state index contributed by atoms with van der Waals surface area (Å²) in [5.41, 5.74) is 0.194. The Morgan fingerprint density at radius 2 is 2.00 bits per heavy atom. The number of nitrogens with one attached hydrogen (secondary N) is 2. The third-order valence-electron chi connectivity index (χ3n) is 3.87. The molecule has 1 heterocycles. The van der Waals surface area contributed by atoms with Crippen molar-refractivity contribution in [1.82, 2.24) is 20.5 Å². The van der Waals surface area contributed by atoms with E-state index in [1.807, 2.05) is 0 Å². The summed E-state index contributed by atoms with van der Waals surface area (Å²) in [6.07, 6.45) is -4.99. The minimum absolute atomic E-state index is 0.00722. The second kappa shape index (κ2) is 8.52. The Morgan fingerprint density at radius 3 is 2.70 bits per heavy atom. The average molecular weight is 417 g/mol. The summed E-state index contributed by atoms with van der Waals surface area (Å²) >= 11 is 0. The van der Waals surface area contributed by atoms with E-state index in [1.165, 1.54) is 7.11 Å². The summed E-state index contributed by atoms with van der Waals surface area (Å²) in [5.74, 6) is -0.453. The van der Waals surface area contributed by atoms with Gasteiger partial charge in [-0.3, -0.25) is 9.89 Å². The highest BCUT2D eigenvalue weighted by Crippen LogP contribution is 2.28. The molecule has 3 aromatic rings. The predicted octanol–water partition coefficient (Wildman–Crippen LogP) is 3.18. The quantitative estimate of drug-likeness (QED) is 0.637. The van der Waals surface area contributed by atoms with Crippen LogP contribution in [0.5, 0.6) is 11.5 Å². The van der Waals surface area contributed by atoms with Gasteiger partial charge in [-0.25, -0.2) is 4.98 Å². The number of alkyl halides is 3. The van der Waals surface area contributed by atoms with E-state index in [0.29, 0.717) is 17.1 Å². The molecule has 0 aliphatic heterocycles. The van der Waals surface area contributed by atoms with E-state index >= 15 is 0 Å². The van der Waals surface area contributed by atoms with Gasteiger partial charge in [-0.05, 0) is 30.3 Å². The van der Waals surface area contributed by atoms with Crippen LogP contribution in [-0.4, -0.2) is 34.6 Å². The summed E-state index contributed by atoms with van der Waals surface area (Å²) in [4.78, 5) is 16.7. The van der Waals surface area contributed by atoms with Gasteiger partial charge in [-0.15, -0.1) is 13.2 Å². The fourth-order valence-corrected chi connectivity index (χ4v) is 2.57. The molecule has 2 aromatic carbocycles. The highest BCUT2D eigenvalue weighted by atomic mass is 19.4. The fraction of sp³-hybridized carbons (Fsp3) is 0.158. The molecule has 0 fully saturated rings. The van der Waals surface area contributed by atoms with Crippen LogP contribution in [0.3, 0.4) is 0 Å². The number of nitrogens with zero attached hydrogens (tertiary/aromatic N) is 3. The minimum Gasteiger partial charge on any atom is -0.496 e. The molecular weight excluding hydrogens is 403 g/mol. The number of carbonyl (C=O) groups excluding carboxylic acids is 1. The number of H-pyrrole nitrogens is 1. The fourth-order valence-electron chi connectivity index (χ4n) is 2.57. The number of benzene rings is 2. The molecule has 0 aliphatic rings. The first-order chi connectivity index (χ1) is 14.3. The summed E-state index contributed by atoms with van der Waals surface area (Å²) in [5, 5.41) is 18.1. The van der Waals surface area contributed by atoms with Gasteiger partial charge in [0.2, 0.25) is 0 Å². The number of carbonyl (C=O) groups is 1. The lowest BCUT2D eigenvalue weighted by Crippen LogP contribution is -2.26. The van der Waals surface area contributed by atoms with Gasteiger partial charge in [0.25, 0.3) is 5.91 Å². The van der Waals surface area contributed by atoms with Crippen molar-refractivity contribution in [3.63, 3.8) is 0 Å². The van der Waals surface area contributed by atoms with Gasteiger partial charge in [0.05, 0.1) is 36.4 Å². The molecule has 11 heteroatoms. The number of aromatic amines is 1. The van der Waals surface area contributed by atoms with Gasteiger partial charge in [0.15, 0.2) is 5.82 Å². The van der Waals surface area contributed by atoms with E-state index in [4.69, 9.17) is 10.00 Å². The van der Waals surface area contributed by atoms with Gasteiger partial charge in [0, 0.05) is 0 Å². The maximum absolute atomic E-state index is 12.6. The van der Waals surface area contributed by atoms with Crippen LogP contribution in [0.25, 0.3) is 11.4 Å². The average Bonchev–Trinajstić information content (AvgIpc) is 3.20. The van der Waals surface area contributed by atoms with Gasteiger partial charge in [0.1, 0.15) is 17.3 Å². The first-order valence-corrected chi connectivity index (χ1v) is 8.43. The Labute approximate surface area is 168 Å². The van der Waals surface area contributed by atoms with Crippen LogP contribution in [-0.2, 0) is 6.54 Å². The van der Waals surface area contributed by atoms with E-state index in [1.54, 1.807) is 30.3 Å². The van der Waals surface area contributed by atoms with Crippen LogP contribution in [0, 0.1) is 11.3 Å². The van der Waals surface area contributed by atoms with Gasteiger partial charge in [-0.1, -0.05) is 12.1 Å². The van der Waals surface area contributed by atoms with Crippen LogP contribution < -0.4 is 14.8 Å². The smallest absolute Gasteiger partial charge is 0.496 e. The molecule has 3 rings (SSSR count). The largest absolute Gasteiger partial charge is 0.573 e. The molecule has 0 atom stereocenters. The molecular formula is C19H14F3N5O3. The van der Waals surface area contributed by atoms with E-state index in [9.17, 15) is 18.0 Å². The maximum Gasteiger partial charge on any atom is 0.573 e. The molecule has 0 bridgehead atoms. The second-order valence-corrected chi connectivity index (χ2v) is 5.86. The number of hydrogen-bond acceptors (Lipinski definition) is 6. The number of para-hydroxylation sites is 1. The summed E-state index contributed by atoms with van der Waals surface area (Å²) in [6, 6.07) is 11.8. The third-order valence-corrected chi connectivity index (χ3v) is 3.87. The van der Waals surface area contributed by atoms with Crippen molar-refractivity contribution >= 4 is 5.91 Å². The monoisotopic (exact) mass is 417 g/mol. The molecule has 0 spiro atoms. The normalized spacial score (nSPS) is 10.9. The van der Waals surface area contributed by atoms with E-state index in [0.717, 1.165) is 18.2 Å². The Balaban J connectivity index is 1.77. The summed E-state index contributed by atoms with van der Waals surface area (Å²) < 4.78 is 46.9. The molecule has 30 heavy (non-hydrogen) atoms. The third kappa shape index (κ3) is 4.85. The molecule has 154 valence electrons. The molecule has 1 amide bonds. The lowest BCUT2D eigenvalue weighted by Gasteiger charge is -2.13. The molecule has 0 radical (unpaired) electrons. The number of amides is 1. The molecule has 0 unspecified atom stereocenters. The van der Waals surface area contributed by atoms with Crippen molar-refractivity contribution in [2.24, 2.45) is 0 Å². The molecule has 0 aliphatic carbocycles. The zero-order chi connectivity index (χ0) is 21.7. The zero-order valence-corrected chi connectivity index (χ0v) is 15.4. The number of aromatic nitrogens is 3. The van der Waals surface area contributed by atoms with Crippen LogP contribution in [0.15, 0.2) is 42.5 Å². The standard InChI is InChI=1S/C19H14F3N5O3/c1-29-14-5-3-2-4-12(14)17-25-16(26-27-17)10-24-18(28)13-8-11(9-23)6-7-15(13)30-19(20,21)22/h2-8H,10H2,1H3,(H,24,28)(H,25,26,27). The van der Waals surface area contributed by atoms with E-state index < -0.39 is 23.6 Å². The highest BCUT2D eigenvalue weighted by Gasteiger charge is 2.33. The Bertz CT molecular complexity index is 1110. The number of halogens is 3. The van der Waals surface area contributed by atoms with Crippen molar-refractivity contribution in [3.8, 4) is 29.0 Å². The maximum atomic E-state index is 12.6. The van der Waals surface area contributed by atoms with E-state index in [2.05, 4.69) is 25.2 Å². The molecule has 0 saturated heterocycles. The topological polar surface area (TPSA) is 113 Å². The number of ether oxygens (including phenoxy) is 2. The number of nitriles is 1. The highest BCUT2D eigenvalue weighted by molar-refractivity contribution is 5.97. The van der Waals surface area contributed by atoms with Crippen molar-refractivity contribution in [2.75, 3.05) is 7.11 Å². The number of hydrogen-bond donors (Lipinski definition) is 2. The first kappa shape index (κ1) is 20.7. The molecule has 2 N–H and O–H groups in total. The first-order valence-electron chi connectivity index (χ1n) is 8.43. The van der Waals surface area contributed by atoms with Gasteiger partial charge >= 0.3 is 6.36 Å². The SMILES string of the molecule is COc1ccccc1-c1n[nH]c(CNC(=O)c2cc(C#N)ccc2OC(F)(F)F)n1. The van der Waals surface area contributed by atoms with Crippen molar-refractivity contribution < 1.29 is 27.4 Å². The van der Waals surface area contributed by atoms with Crippen molar-refractivity contribution in [1.29, 1.82) is 5.26 Å². The Morgan fingerprint density at radius 1 is 1.23 bits per heavy atom. The van der Waals surface area contributed by atoms with Gasteiger partial charge < -0.3 is 14.8 Å². The predicted molar refractivity (Wildman–Crippen MR) is 97.4 cm³/mol. The van der Waals surface area contributed by atoms with Crippen LogP contribution in [0.1, 0.15) is 21.7 Å². The number of methoxy groups -OCH3 is 1. The van der Waals surface area contributed by atoms with Crippen molar-refractivity contribution in [2.45, 2.75) is 12.9 Å². The van der Waals surface area contributed by atoms with Crippen LogP contribution >= 0.6 is 0 Å². The summed E-state index contributed by atoms with van der Waals surface area (Å²) in [6.45, 7) is -0.150. The molecule has 8 nitrogen and oxygen atoms in total. The number of rotatable bonds is 6. The molecule has 1 aromatic heterocycles. The summed E-state index contributed by atoms with van der Waals surface area (Å²) in [7, 11) is 1.50. The van der Waals surface area contributed by atoms with E-state index in [-0.39, 0.29) is 17.9 Å². The van der Waals surface area contributed by atoms with Crippen molar-refractivity contribution in [3.05, 3.63) is 59.4 Å². The Hall–Kier alpha value is -4.07. The van der Waals surface area contributed by atoms with Gasteiger partial charge in [-0.2, -0.15) is 10.4 Å².